The van der Waals surface area contributed by atoms with Gasteiger partial charge in [0.2, 0.25) is 0 Å². The van der Waals surface area contributed by atoms with Crippen LogP contribution in [-0.4, -0.2) is 23.8 Å². The van der Waals surface area contributed by atoms with Gasteiger partial charge in [-0.3, -0.25) is 0 Å². The van der Waals surface area contributed by atoms with Crippen LogP contribution in [0.1, 0.15) is 11.1 Å². The van der Waals surface area contributed by atoms with Gasteiger partial charge in [0.05, 0.1) is 5.52 Å². The van der Waals surface area contributed by atoms with Crippen LogP contribution in [0.25, 0.3) is 10.9 Å². The van der Waals surface area contributed by atoms with Crippen LogP contribution in [0.5, 0.6) is 5.75 Å². The van der Waals surface area contributed by atoms with Crippen molar-refractivity contribution in [3.8, 4) is 5.75 Å². The van der Waals surface area contributed by atoms with E-state index < -0.39 is 5.97 Å². The Hall–Kier alpha value is -2.24. The van der Waals surface area contributed by atoms with Crippen LogP contribution in [0.3, 0.4) is 0 Å². The topological polar surface area (TPSA) is 48.4 Å². The maximum atomic E-state index is 11.9. The van der Waals surface area contributed by atoms with Crippen LogP contribution >= 0.6 is 23.4 Å². The maximum Gasteiger partial charge on any atom is 0.344 e. The number of esters is 1. The Kier molecular flexibility index (Phi) is 6.01. The van der Waals surface area contributed by atoms with Crippen LogP contribution in [-0.2, 0) is 16.1 Å². The lowest BCUT2D eigenvalue weighted by molar-refractivity contribution is -0.147. The Bertz CT molecular complexity index is 945. The van der Waals surface area contributed by atoms with Crippen molar-refractivity contribution in [3.05, 3.63) is 64.8 Å². The van der Waals surface area contributed by atoms with Gasteiger partial charge in [0.15, 0.2) is 6.61 Å². The molecule has 0 saturated heterocycles. The van der Waals surface area contributed by atoms with Gasteiger partial charge in [0, 0.05) is 15.8 Å². The molecule has 0 radical (unpaired) electrons. The molecule has 0 aliphatic rings. The Labute approximate surface area is 161 Å². The molecule has 6 heteroatoms. The number of carbonyl (C=O) groups is 1. The van der Waals surface area contributed by atoms with Crippen molar-refractivity contribution in [2.24, 2.45) is 0 Å². The highest BCUT2D eigenvalue weighted by molar-refractivity contribution is 7.98. The van der Waals surface area contributed by atoms with E-state index in [2.05, 4.69) is 4.98 Å². The quantitative estimate of drug-likeness (QED) is 0.337. The monoisotopic (exact) mass is 387 g/mol. The van der Waals surface area contributed by atoms with Gasteiger partial charge in [0.25, 0.3) is 0 Å². The molecule has 0 saturated carbocycles. The summed E-state index contributed by atoms with van der Waals surface area (Å²) in [5.74, 6) is 0.210. The van der Waals surface area contributed by atoms with Gasteiger partial charge in [0.1, 0.15) is 17.5 Å². The number of fused-ring (bicyclic) bond motifs is 1. The molecule has 1 aromatic heterocycles. The Morgan fingerprint density at radius 2 is 2.00 bits per heavy atom. The van der Waals surface area contributed by atoms with Gasteiger partial charge in [-0.15, -0.1) is 11.8 Å². The molecule has 0 bridgehead atoms. The smallest absolute Gasteiger partial charge is 0.344 e. The van der Waals surface area contributed by atoms with E-state index in [4.69, 9.17) is 21.1 Å². The Morgan fingerprint density at radius 1 is 1.19 bits per heavy atom. The zero-order chi connectivity index (χ0) is 18.5. The number of benzene rings is 2. The van der Waals surface area contributed by atoms with Gasteiger partial charge in [-0.05, 0) is 43.0 Å². The fraction of sp³-hybridized carbons (Fsp3) is 0.200. The molecule has 0 amide bonds. The summed E-state index contributed by atoms with van der Waals surface area (Å²) in [7, 11) is 0. The van der Waals surface area contributed by atoms with E-state index >= 15 is 0 Å². The first-order valence-corrected chi connectivity index (χ1v) is 9.64. The van der Waals surface area contributed by atoms with Crippen molar-refractivity contribution < 1.29 is 14.3 Å². The first kappa shape index (κ1) is 18.5. The largest absolute Gasteiger partial charge is 0.482 e. The molecule has 26 heavy (non-hydrogen) atoms. The van der Waals surface area contributed by atoms with Crippen LogP contribution in [0.2, 0.25) is 5.15 Å². The van der Waals surface area contributed by atoms with E-state index in [1.807, 2.05) is 61.7 Å². The van der Waals surface area contributed by atoms with E-state index in [9.17, 15) is 4.79 Å². The average molecular weight is 388 g/mol. The molecule has 0 aliphatic carbocycles. The second kappa shape index (κ2) is 8.43. The van der Waals surface area contributed by atoms with Gasteiger partial charge >= 0.3 is 5.97 Å². The number of rotatable bonds is 6. The fourth-order valence-corrected chi connectivity index (χ4v) is 3.08. The minimum absolute atomic E-state index is 0.0576. The molecule has 1 heterocycles. The zero-order valence-electron chi connectivity index (χ0n) is 14.5. The van der Waals surface area contributed by atoms with Crippen LogP contribution in [0.15, 0.2) is 53.4 Å². The summed E-state index contributed by atoms with van der Waals surface area (Å²) in [5.41, 5.74) is 2.45. The minimum Gasteiger partial charge on any atom is -0.482 e. The van der Waals surface area contributed by atoms with Gasteiger partial charge in [-0.25, -0.2) is 9.78 Å². The number of aromatic nitrogens is 1. The number of thioether (sulfide) groups is 1. The molecule has 3 rings (SSSR count). The van der Waals surface area contributed by atoms with Crippen molar-refractivity contribution >= 4 is 40.2 Å². The van der Waals surface area contributed by atoms with Crippen molar-refractivity contribution in [3.63, 3.8) is 0 Å². The van der Waals surface area contributed by atoms with Crippen LogP contribution in [0, 0.1) is 6.92 Å². The summed E-state index contributed by atoms with van der Waals surface area (Å²) < 4.78 is 10.8. The number of nitrogens with zero attached hydrogens (tertiary/aromatic N) is 1. The molecule has 0 aliphatic heterocycles. The second-order valence-electron chi connectivity index (χ2n) is 5.71. The summed E-state index contributed by atoms with van der Waals surface area (Å²) >= 11 is 7.88. The van der Waals surface area contributed by atoms with Crippen molar-refractivity contribution in [2.75, 3.05) is 12.9 Å². The molecule has 0 N–H and O–H groups in total. The molecular weight excluding hydrogens is 370 g/mol. The molecule has 0 atom stereocenters. The highest BCUT2D eigenvalue weighted by Crippen LogP contribution is 2.25. The minimum atomic E-state index is -0.456. The Morgan fingerprint density at radius 3 is 2.77 bits per heavy atom. The number of ether oxygens (including phenoxy) is 2. The second-order valence-corrected chi connectivity index (χ2v) is 6.95. The summed E-state index contributed by atoms with van der Waals surface area (Å²) in [6, 6.07) is 15.4. The lowest BCUT2D eigenvalue weighted by Crippen LogP contribution is -2.15. The van der Waals surface area contributed by atoms with Crippen molar-refractivity contribution in [2.45, 2.75) is 18.4 Å². The number of pyridine rings is 1. The fourth-order valence-electron chi connectivity index (χ4n) is 2.45. The zero-order valence-corrected chi connectivity index (χ0v) is 16.1. The summed E-state index contributed by atoms with van der Waals surface area (Å²) in [5, 5.41) is 1.29. The normalized spacial score (nSPS) is 10.7. The molecule has 134 valence electrons. The predicted octanol–water partition coefficient (Wildman–Crippen LogP) is 5.04. The number of aryl methyl sites for hydroxylation is 1. The molecule has 0 unspecified atom stereocenters. The average Bonchev–Trinajstić information content (AvgIpc) is 2.65. The highest BCUT2D eigenvalue weighted by Gasteiger charge is 2.10. The Balaban J connectivity index is 1.62. The highest BCUT2D eigenvalue weighted by atomic mass is 35.5. The lowest BCUT2D eigenvalue weighted by atomic mass is 10.2. The van der Waals surface area contributed by atoms with E-state index in [1.165, 1.54) is 0 Å². The number of hydrogen-bond acceptors (Lipinski definition) is 5. The van der Waals surface area contributed by atoms with Gasteiger partial charge in [-0.2, -0.15) is 0 Å². The van der Waals surface area contributed by atoms with Crippen LogP contribution < -0.4 is 4.74 Å². The molecule has 2 aromatic carbocycles. The van der Waals surface area contributed by atoms with Crippen molar-refractivity contribution in [1.29, 1.82) is 0 Å². The molecule has 4 nitrogen and oxygen atoms in total. The third kappa shape index (κ3) is 4.48. The SMILES string of the molecule is CSc1ccc2cc(COC(=O)COc3ccccc3C)c(Cl)nc2c1. The summed E-state index contributed by atoms with van der Waals surface area (Å²) in [4.78, 5) is 17.5. The number of carbonyl (C=O) groups excluding carboxylic acids is 1. The number of hydrogen-bond donors (Lipinski definition) is 0. The van der Waals surface area contributed by atoms with Crippen molar-refractivity contribution in [1.82, 2.24) is 4.98 Å². The molecular formula is C20H18ClNO3S. The summed E-state index contributed by atoms with van der Waals surface area (Å²) in [6.07, 6.45) is 2.01. The third-order valence-electron chi connectivity index (χ3n) is 3.88. The lowest BCUT2D eigenvalue weighted by Gasteiger charge is -2.10. The van der Waals surface area contributed by atoms with E-state index in [-0.39, 0.29) is 13.2 Å². The van der Waals surface area contributed by atoms with E-state index in [0.29, 0.717) is 16.5 Å². The number of halogens is 1. The molecule has 3 aromatic rings. The van der Waals surface area contributed by atoms with Gasteiger partial charge in [-0.1, -0.05) is 35.9 Å². The first-order valence-electron chi connectivity index (χ1n) is 8.04. The van der Waals surface area contributed by atoms with Gasteiger partial charge < -0.3 is 9.47 Å². The molecule has 0 fully saturated rings. The molecule has 0 spiro atoms. The van der Waals surface area contributed by atoms with E-state index in [0.717, 1.165) is 21.4 Å². The predicted molar refractivity (Wildman–Crippen MR) is 105 cm³/mol. The third-order valence-corrected chi connectivity index (χ3v) is 4.93. The number of para-hydroxylation sites is 1. The van der Waals surface area contributed by atoms with E-state index in [1.54, 1.807) is 11.8 Å². The first-order chi connectivity index (χ1) is 12.6. The standard InChI is InChI=1S/C20H18ClNO3S/c1-13-5-3-4-6-18(13)24-12-19(23)25-11-15-9-14-7-8-16(26-2)10-17(14)22-20(15)21/h3-10H,11-12H2,1-2H3. The van der Waals surface area contributed by atoms with Crippen LogP contribution in [0.4, 0.5) is 0 Å². The summed E-state index contributed by atoms with van der Waals surface area (Å²) in [6.45, 7) is 1.83. The maximum absolute atomic E-state index is 11.9.